The number of methoxy groups -OCH3 is 1. The van der Waals surface area contributed by atoms with Gasteiger partial charge in [-0.15, -0.1) is 0 Å². The van der Waals surface area contributed by atoms with Crippen LogP contribution >= 0.6 is 0 Å². The van der Waals surface area contributed by atoms with E-state index < -0.39 is 11.4 Å². The fourth-order valence-electron chi connectivity index (χ4n) is 3.11. The van der Waals surface area contributed by atoms with Crippen LogP contribution < -0.4 is 11.1 Å². The second-order valence-electron chi connectivity index (χ2n) is 6.12. The number of rotatable bonds is 7. The third-order valence-corrected chi connectivity index (χ3v) is 4.71. The maximum absolute atomic E-state index is 12.4. The Morgan fingerprint density at radius 2 is 1.85 bits per heavy atom. The number of para-hydroxylation sites is 2. The Balaban J connectivity index is 1.75. The number of nitrogens with zero attached hydrogens (tertiary/aromatic N) is 1. The molecule has 26 heavy (non-hydrogen) atoms. The first-order valence-electron chi connectivity index (χ1n) is 8.55. The second-order valence-corrected chi connectivity index (χ2v) is 6.12. The fraction of sp³-hybridized carbons (Fsp3) is 0.300. The fourth-order valence-corrected chi connectivity index (χ4v) is 3.11. The van der Waals surface area contributed by atoms with Gasteiger partial charge in [0, 0.05) is 7.11 Å². The number of aromatic nitrogens is 1. The van der Waals surface area contributed by atoms with Gasteiger partial charge in [-0.1, -0.05) is 49.4 Å². The summed E-state index contributed by atoms with van der Waals surface area (Å²) in [6.45, 7) is 2.22. The molecule has 0 radical (unpaired) electrons. The Labute approximate surface area is 151 Å². The summed E-state index contributed by atoms with van der Waals surface area (Å²) >= 11 is 0. The van der Waals surface area contributed by atoms with Gasteiger partial charge < -0.3 is 14.5 Å². The lowest BCUT2D eigenvalue weighted by molar-refractivity contribution is -0.123. The molecule has 0 aliphatic rings. The Kier molecular flexibility index (Phi) is 5.23. The van der Waals surface area contributed by atoms with Crippen LogP contribution in [0.5, 0.6) is 0 Å². The van der Waals surface area contributed by atoms with E-state index in [4.69, 9.17) is 9.15 Å². The molecule has 0 fully saturated rings. The molecule has 1 heterocycles. The maximum Gasteiger partial charge on any atom is 0.420 e. The van der Waals surface area contributed by atoms with Crippen molar-refractivity contribution in [2.24, 2.45) is 0 Å². The number of carbonyl (C=O) groups is 1. The largest absolute Gasteiger partial charge is 0.420 e. The van der Waals surface area contributed by atoms with E-state index in [1.807, 2.05) is 37.3 Å². The zero-order valence-electron chi connectivity index (χ0n) is 14.9. The summed E-state index contributed by atoms with van der Waals surface area (Å²) in [5.74, 6) is -0.817. The molecule has 0 bridgehead atoms. The highest BCUT2D eigenvalue weighted by atomic mass is 16.5. The van der Waals surface area contributed by atoms with Crippen molar-refractivity contribution in [1.82, 2.24) is 9.88 Å². The molecular weight excluding hydrogens is 332 g/mol. The average molecular weight is 354 g/mol. The Hall–Kier alpha value is -2.86. The quantitative estimate of drug-likeness (QED) is 0.708. The minimum atomic E-state index is -0.611. The lowest BCUT2D eigenvalue weighted by Gasteiger charge is -2.32. The number of benzene rings is 2. The molecule has 0 aliphatic heterocycles. The summed E-state index contributed by atoms with van der Waals surface area (Å²) in [7, 11) is 1.64. The first-order valence-corrected chi connectivity index (χ1v) is 8.55. The van der Waals surface area contributed by atoms with E-state index in [-0.39, 0.29) is 12.5 Å². The molecule has 1 amide bonds. The van der Waals surface area contributed by atoms with Gasteiger partial charge in [-0.25, -0.2) is 4.79 Å². The summed E-state index contributed by atoms with van der Waals surface area (Å²) in [5.41, 5.74) is 1.45. The van der Waals surface area contributed by atoms with Crippen molar-refractivity contribution in [2.45, 2.75) is 25.5 Å². The molecule has 136 valence electrons. The minimum absolute atomic E-state index is 0.103. The van der Waals surface area contributed by atoms with Crippen LogP contribution in [0.25, 0.3) is 11.1 Å². The highest BCUT2D eigenvalue weighted by Gasteiger charge is 2.30. The summed E-state index contributed by atoms with van der Waals surface area (Å²) < 4.78 is 12.2. The van der Waals surface area contributed by atoms with Crippen LogP contribution in [0.1, 0.15) is 18.9 Å². The molecule has 1 aromatic heterocycles. The molecule has 1 atom stereocenters. The lowest BCUT2D eigenvalue weighted by Crippen LogP contribution is -2.43. The number of fused-ring (bicyclic) bond motifs is 1. The summed E-state index contributed by atoms with van der Waals surface area (Å²) in [5, 5.41) is 2.89. The number of nitrogens with one attached hydrogen (secondary N) is 1. The van der Waals surface area contributed by atoms with Crippen LogP contribution in [0.15, 0.2) is 63.8 Å². The van der Waals surface area contributed by atoms with Crippen LogP contribution in [0.4, 0.5) is 0 Å². The molecule has 6 heteroatoms. The molecule has 0 spiro atoms. The smallest absolute Gasteiger partial charge is 0.408 e. The van der Waals surface area contributed by atoms with E-state index in [0.717, 1.165) is 5.56 Å². The number of hydrogen-bond acceptors (Lipinski definition) is 4. The number of carbonyl (C=O) groups excluding carboxylic acids is 1. The molecule has 0 saturated carbocycles. The van der Waals surface area contributed by atoms with Gasteiger partial charge in [0.05, 0.1) is 12.1 Å². The van der Waals surface area contributed by atoms with Gasteiger partial charge >= 0.3 is 5.76 Å². The number of ether oxygens (including phenoxy) is 1. The van der Waals surface area contributed by atoms with Crippen molar-refractivity contribution < 1.29 is 13.9 Å². The van der Waals surface area contributed by atoms with E-state index in [1.54, 1.807) is 31.4 Å². The van der Waals surface area contributed by atoms with Crippen molar-refractivity contribution in [3.05, 3.63) is 70.7 Å². The van der Waals surface area contributed by atoms with Crippen molar-refractivity contribution in [1.29, 1.82) is 0 Å². The number of amides is 1. The minimum Gasteiger partial charge on any atom is -0.408 e. The second kappa shape index (κ2) is 7.58. The topological polar surface area (TPSA) is 73.5 Å². The van der Waals surface area contributed by atoms with Gasteiger partial charge in [-0.2, -0.15) is 0 Å². The van der Waals surface area contributed by atoms with Crippen LogP contribution in [-0.2, 0) is 21.7 Å². The molecule has 3 rings (SSSR count). The van der Waals surface area contributed by atoms with Gasteiger partial charge in [0.25, 0.3) is 0 Å². The Morgan fingerprint density at radius 1 is 1.15 bits per heavy atom. The Morgan fingerprint density at radius 3 is 2.54 bits per heavy atom. The highest BCUT2D eigenvalue weighted by molar-refractivity contribution is 5.79. The lowest BCUT2D eigenvalue weighted by atomic mass is 9.90. The zero-order valence-corrected chi connectivity index (χ0v) is 14.9. The van der Waals surface area contributed by atoms with Gasteiger partial charge in [0.1, 0.15) is 12.1 Å². The summed E-state index contributed by atoms with van der Waals surface area (Å²) in [6.07, 6.45) is 0.697. The maximum atomic E-state index is 12.4. The third kappa shape index (κ3) is 3.41. The van der Waals surface area contributed by atoms with Crippen molar-refractivity contribution >= 4 is 17.0 Å². The van der Waals surface area contributed by atoms with Crippen LogP contribution in [-0.4, -0.2) is 24.1 Å². The zero-order chi connectivity index (χ0) is 18.6. The van der Waals surface area contributed by atoms with Crippen LogP contribution in [0, 0.1) is 0 Å². The standard InChI is InChI=1S/C20H22N2O4/c1-3-20(25-2,15-9-5-4-6-10-15)14-21-18(23)13-22-16-11-7-8-12-17(16)26-19(22)24/h4-12H,3,13-14H2,1-2H3,(H,21,23). The van der Waals surface area contributed by atoms with Gasteiger partial charge in [-0.05, 0) is 24.1 Å². The van der Waals surface area contributed by atoms with Crippen molar-refractivity contribution in [3.63, 3.8) is 0 Å². The number of hydrogen-bond donors (Lipinski definition) is 1. The SMILES string of the molecule is CCC(CNC(=O)Cn1c(=O)oc2ccccc21)(OC)c1ccccc1. The van der Waals surface area contributed by atoms with Crippen LogP contribution in [0.3, 0.4) is 0 Å². The molecule has 2 aromatic carbocycles. The predicted octanol–water partition coefficient (Wildman–Crippen LogP) is 2.66. The van der Waals surface area contributed by atoms with Gasteiger partial charge in [0.2, 0.25) is 5.91 Å². The molecule has 1 unspecified atom stereocenters. The first kappa shape index (κ1) is 17.9. The summed E-state index contributed by atoms with van der Waals surface area (Å²) in [6, 6.07) is 16.8. The van der Waals surface area contributed by atoms with Crippen molar-refractivity contribution in [3.8, 4) is 0 Å². The van der Waals surface area contributed by atoms with E-state index in [0.29, 0.717) is 24.1 Å². The van der Waals surface area contributed by atoms with E-state index in [2.05, 4.69) is 5.32 Å². The molecule has 0 saturated heterocycles. The van der Waals surface area contributed by atoms with E-state index in [1.165, 1.54) is 4.57 Å². The van der Waals surface area contributed by atoms with Crippen molar-refractivity contribution in [2.75, 3.05) is 13.7 Å². The van der Waals surface area contributed by atoms with Crippen LogP contribution in [0.2, 0.25) is 0 Å². The Bertz CT molecular complexity index is 939. The molecule has 0 aliphatic carbocycles. The third-order valence-electron chi connectivity index (χ3n) is 4.71. The molecular formula is C20H22N2O4. The molecule has 3 aromatic rings. The first-order chi connectivity index (χ1) is 12.6. The van der Waals surface area contributed by atoms with Gasteiger partial charge in [0.15, 0.2) is 5.58 Å². The summed E-state index contributed by atoms with van der Waals surface area (Å²) in [4.78, 5) is 24.4. The van der Waals surface area contributed by atoms with E-state index in [9.17, 15) is 9.59 Å². The molecule has 1 N–H and O–H groups in total. The predicted molar refractivity (Wildman–Crippen MR) is 98.9 cm³/mol. The monoisotopic (exact) mass is 354 g/mol. The normalized spacial score (nSPS) is 13.5. The van der Waals surface area contributed by atoms with E-state index >= 15 is 0 Å². The average Bonchev–Trinajstić information content (AvgIpc) is 2.99. The highest BCUT2D eigenvalue weighted by Crippen LogP contribution is 2.28. The number of oxazole rings is 1. The van der Waals surface area contributed by atoms with Gasteiger partial charge in [-0.3, -0.25) is 9.36 Å². The molecule has 6 nitrogen and oxygen atoms in total.